The topological polar surface area (TPSA) is 60.0 Å². The lowest BCUT2D eigenvalue weighted by Crippen LogP contribution is -2.52. The van der Waals surface area contributed by atoms with Gasteiger partial charge in [0.2, 0.25) is 0 Å². The van der Waals surface area contributed by atoms with Crippen LogP contribution in [0.3, 0.4) is 0 Å². The van der Waals surface area contributed by atoms with Gasteiger partial charge >= 0.3 is 0 Å². The third-order valence-corrected chi connectivity index (χ3v) is 7.86. The molecule has 0 spiro atoms. The van der Waals surface area contributed by atoms with Crippen LogP contribution in [0.4, 0.5) is 0 Å². The Morgan fingerprint density at radius 3 is 2.49 bits per heavy atom. The molecule has 1 N–H and O–H groups in total. The smallest absolute Gasteiger partial charge is 0.265 e. The molecular formula is C28H32N2O4S. The van der Waals surface area contributed by atoms with E-state index >= 15 is 0 Å². The van der Waals surface area contributed by atoms with Gasteiger partial charge in [0.25, 0.3) is 5.91 Å². The minimum absolute atomic E-state index is 0.0857. The number of carbonyl (C=O) groups excluding carboxylic acids is 1. The first-order chi connectivity index (χ1) is 17.3. The van der Waals surface area contributed by atoms with Gasteiger partial charge in [-0.25, -0.2) is 0 Å². The highest BCUT2D eigenvalue weighted by Gasteiger charge is 2.32. The number of thiophene rings is 1. The van der Waals surface area contributed by atoms with E-state index in [-0.39, 0.29) is 11.9 Å². The molecule has 35 heavy (non-hydrogen) atoms. The number of nitrogens with zero attached hydrogens (tertiary/aromatic N) is 1. The molecule has 2 aromatic carbocycles. The minimum atomic E-state index is -0.0857. The van der Waals surface area contributed by atoms with Crippen LogP contribution in [-0.4, -0.2) is 62.9 Å². The monoisotopic (exact) mass is 492 g/mol. The van der Waals surface area contributed by atoms with E-state index in [1.807, 2.05) is 54.6 Å². The number of carbonyl (C=O) groups is 1. The number of nitrogens with one attached hydrogen (secondary N) is 1. The predicted octanol–water partition coefficient (Wildman–Crippen LogP) is 4.46. The molecule has 2 atom stereocenters. The maximum Gasteiger partial charge on any atom is 0.265 e. The van der Waals surface area contributed by atoms with Gasteiger partial charge in [0, 0.05) is 43.1 Å². The Morgan fingerprint density at radius 1 is 1.03 bits per heavy atom. The summed E-state index contributed by atoms with van der Waals surface area (Å²) in [6, 6.07) is 22.4. The molecule has 2 fully saturated rings. The Morgan fingerprint density at radius 2 is 1.77 bits per heavy atom. The largest absolute Gasteiger partial charge is 0.487 e. The molecule has 2 aliphatic rings. The second kappa shape index (κ2) is 11.8. The molecule has 3 heterocycles. The summed E-state index contributed by atoms with van der Waals surface area (Å²) in [5, 5.41) is 3.23. The van der Waals surface area contributed by atoms with Crippen molar-refractivity contribution in [1.29, 1.82) is 0 Å². The van der Waals surface area contributed by atoms with Crippen molar-refractivity contribution in [2.24, 2.45) is 5.92 Å². The van der Waals surface area contributed by atoms with Crippen LogP contribution in [0, 0.1) is 5.92 Å². The summed E-state index contributed by atoms with van der Waals surface area (Å²) in [7, 11) is 0. The SMILES string of the molecule is O=C(NCC(C1CCOC1)N1CCOCC1)c1sc(-c2ccccc2)cc1OCc1ccccc1. The van der Waals surface area contributed by atoms with Crippen LogP contribution in [0.25, 0.3) is 10.4 Å². The van der Waals surface area contributed by atoms with E-state index in [2.05, 4.69) is 22.3 Å². The molecule has 0 bridgehead atoms. The van der Waals surface area contributed by atoms with Crippen LogP contribution in [-0.2, 0) is 16.1 Å². The first-order valence-electron chi connectivity index (χ1n) is 12.3. The van der Waals surface area contributed by atoms with Crippen molar-refractivity contribution in [2.75, 3.05) is 46.1 Å². The normalized spacial score (nSPS) is 19.4. The Labute approximate surface area is 210 Å². The quantitative estimate of drug-likeness (QED) is 0.478. The highest BCUT2D eigenvalue weighted by atomic mass is 32.1. The number of hydrogen-bond acceptors (Lipinski definition) is 6. The van der Waals surface area contributed by atoms with Gasteiger partial charge in [0.15, 0.2) is 0 Å². The molecule has 0 aliphatic carbocycles. The molecule has 5 rings (SSSR count). The van der Waals surface area contributed by atoms with Crippen molar-refractivity contribution < 1.29 is 19.0 Å². The average Bonchev–Trinajstić information content (AvgIpc) is 3.60. The van der Waals surface area contributed by atoms with E-state index in [0.717, 1.165) is 61.9 Å². The summed E-state index contributed by atoms with van der Waals surface area (Å²) in [4.78, 5) is 17.5. The molecule has 0 saturated carbocycles. The van der Waals surface area contributed by atoms with Crippen molar-refractivity contribution in [3.05, 3.63) is 77.2 Å². The second-order valence-electron chi connectivity index (χ2n) is 8.99. The van der Waals surface area contributed by atoms with Gasteiger partial charge in [-0.1, -0.05) is 60.7 Å². The van der Waals surface area contributed by atoms with Crippen molar-refractivity contribution in [3.8, 4) is 16.2 Å². The van der Waals surface area contributed by atoms with E-state index in [4.69, 9.17) is 14.2 Å². The van der Waals surface area contributed by atoms with Crippen LogP contribution in [0.1, 0.15) is 21.7 Å². The summed E-state index contributed by atoms with van der Waals surface area (Å²) in [5.41, 5.74) is 2.15. The molecule has 7 heteroatoms. The van der Waals surface area contributed by atoms with Gasteiger partial charge in [-0.3, -0.25) is 9.69 Å². The summed E-state index contributed by atoms with van der Waals surface area (Å²) in [6.07, 6.45) is 1.03. The summed E-state index contributed by atoms with van der Waals surface area (Å²) in [6.45, 7) is 5.80. The van der Waals surface area contributed by atoms with E-state index < -0.39 is 0 Å². The zero-order valence-electron chi connectivity index (χ0n) is 19.9. The molecular weight excluding hydrogens is 460 g/mol. The van der Waals surface area contributed by atoms with Crippen molar-refractivity contribution >= 4 is 17.2 Å². The highest BCUT2D eigenvalue weighted by molar-refractivity contribution is 7.17. The molecule has 0 radical (unpaired) electrons. The van der Waals surface area contributed by atoms with Crippen molar-refractivity contribution in [1.82, 2.24) is 10.2 Å². The van der Waals surface area contributed by atoms with E-state index in [0.29, 0.717) is 29.7 Å². The van der Waals surface area contributed by atoms with Crippen LogP contribution >= 0.6 is 11.3 Å². The Kier molecular flexibility index (Phi) is 8.10. The molecule has 6 nitrogen and oxygen atoms in total. The van der Waals surface area contributed by atoms with E-state index in [1.165, 1.54) is 11.3 Å². The molecule has 2 saturated heterocycles. The fourth-order valence-electron chi connectivity index (χ4n) is 4.76. The van der Waals surface area contributed by atoms with Gasteiger partial charge < -0.3 is 19.5 Å². The number of hydrogen-bond donors (Lipinski definition) is 1. The zero-order chi connectivity index (χ0) is 23.9. The van der Waals surface area contributed by atoms with Gasteiger partial charge in [-0.05, 0) is 23.6 Å². The van der Waals surface area contributed by atoms with Crippen LogP contribution in [0.15, 0.2) is 66.7 Å². The Balaban J connectivity index is 1.33. The summed E-state index contributed by atoms with van der Waals surface area (Å²) in [5.74, 6) is 0.963. The number of amides is 1. The Hall–Kier alpha value is -2.71. The van der Waals surface area contributed by atoms with Gasteiger partial charge in [-0.15, -0.1) is 11.3 Å². The molecule has 184 valence electrons. The summed E-state index contributed by atoms with van der Waals surface area (Å²) >= 11 is 1.48. The third kappa shape index (κ3) is 6.11. The van der Waals surface area contributed by atoms with Gasteiger partial charge in [-0.2, -0.15) is 0 Å². The maximum atomic E-state index is 13.5. The first kappa shape index (κ1) is 24.0. The van der Waals surface area contributed by atoms with E-state index in [1.54, 1.807) is 0 Å². The lowest BCUT2D eigenvalue weighted by molar-refractivity contribution is 0.00167. The van der Waals surface area contributed by atoms with Gasteiger partial charge in [0.1, 0.15) is 17.2 Å². The second-order valence-corrected chi connectivity index (χ2v) is 10.0. The average molecular weight is 493 g/mol. The predicted molar refractivity (Wildman–Crippen MR) is 138 cm³/mol. The maximum absolute atomic E-state index is 13.5. The molecule has 1 aromatic heterocycles. The lowest BCUT2D eigenvalue weighted by Gasteiger charge is -2.37. The van der Waals surface area contributed by atoms with Crippen molar-refractivity contribution in [3.63, 3.8) is 0 Å². The molecule has 2 unspecified atom stereocenters. The van der Waals surface area contributed by atoms with E-state index in [9.17, 15) is 4.79 Å². The number of morpholine rings is 1. The van der Waals surface area contributed by atoms with Crippen LogP contribution < -0.4 is 10.1 Å². The van der Waals surface area contributed by atoms with Crippen molar-refractivity contribution in [2.45, 2.75) is 19.1 Å². The fraction of sp³-hybridized carbons (Fsp3) is 0.393. The first-order valence-corrected chi connectivity index (χ1v) is 13.1. The summed E-state index contributed by atoms with van der Waals surface area (Å²) < 4.78 is 17.4. The number of benzene rings is 2. The third-order valence-electron chi connectivity index (χ3n) is 6.70. The fourth-order valence-corrected chi connectivity index (χ4v) is 5.78. The lowest BCUT2D eigenvalue weighted by atomic mass is 9.97. The van der Waals surface area contributed by atoms with Gasteiger partial charge in [0.05, 0.1) is 19.8 Å². The molecule has 3 aromatic rings. The molecule has 1 amide bonds. The minimum Gasteiger partial charge on any atom is -0.487 e. The number of rotatable bonds is 9. The highest BCUT2D eigenvalue weighted by Crippen LogP contribution is 2.37. The van der Waals surface area contributed by atoms with Crippen LogP contribution in [0.5, 0.6) is 5.75 Å². The standard InChI is InChI=1S/C28H32N2O4S/c31-28(29-18-24(23-11-14-33-20-23)30-12-15-32-16-13-30)27-25(34-19-21-7-3-1-4-8-21)17-26(35-27)22-9-5-2-6-10-22/h1-10,17,23-24H,11-16,18-20H2,(H,29,31). The molecule has 2 aliphatic heterocycles. The zero-order valence-corrected chi connectivity index (χ0v) is 20.7. The number of ether oxygens (including phenoxy) is 3. The Bertz CT molecular complexity index is 1080. The van der Waals surface area contributed by atoms with Crippen LogP contribution in [0.2, 0.25) is 0 Å².